The van der Waals surface area contributed by atoms with Crippen molar-refractivity contribution in [3.8, 4) is 0 Å². The smallest absolute Gasteiger partial charge is 0.303 e. The minimum Gasteiger partial charge on any atom is -0.481 e. The lowest BCUT2D eigenvalue weighted by Crippen LogP contribution is -2.26. The molecule has 0 aliphatic heterocycles. The highest BCUT2D eigenvalue weighted by Gasteiger charge is 2.10. The molecule has 1 rings (SSSR count). The molecule has 0 heterocycles. The number of carbonyl (C=O) groups is 2. The maximum Gasteiger partial charge on any atom is 0.303 e. The normalized spacial score (nSPS) is 11.9. The lowest BCUT2D eigenvalue weighted by Gasteiger charge is -2.12. The molecule has 0 spiro atoms. The largest absolute Gasteiger partial charge is 0.481 e. The van der Waals surface area contributed by atoms with Crippen molar-refractivity contribution in [2.24, 2.45) is 5.92 Å². The van der Waals surface area contributed by atoms with Gasteiger partial charge in [0.2, 0.25) is 0 Å². The van der Waals surface area contributed by atoms with Crippen molar-refractivity contribution < 1.29 is 14.7 Å². The van der Waals surface area contributed by atoms with E-state index in [0.29, 0.717) is 24.4 Å². The first kappa shape index (κ1) is 16.6. The second kappa shape index (κ2) is 8.64. The van der Waals surface area contributed by atoms with E-state index in [4.69, 9.17) is 5.11 Å². The molecule has 0 saturated carbocycles. The summed E-state index contributed by atoms with van der Waals surface area (Å²) >= 11 is 1.55. The molecule has 1 atom stereocenters. The van der Waals surface area contributed by atoms with E-state index in [1.807, 2.05) is 37.4 Å². The van der Waals surface area contributed by atoms with E-state index in [-0.39, 0.29) is 12.3 Å². The molecule has 0 fully saturated rings. The summed E-state index contributed by atoms with van der Waals surface area (Å²) in [5, 5.41) is 11.5. The van der Waals surface area contributed by atoms with Crippen LogP contribution in [-0.4, -0.2) is 29.8 Å². The van der Waals surface area contributed by atoms with Gasteiger partial charge in [-0.2, -0.15) is 0 Å². The molecule has 0 saturated heterocycles. The number of carbonyl (C=O) groups excluding carboxylic acids is 1. The zero-order valence-corrected chi connectivity index (χ0v) is 12.7. The molecule has 0 bridgehead atoms. The van der Waals surface area contributed by atoms with Crippen LogP contribution in [0.15, 0.2) is 29.2 Å². The van der Waals surface area contributed by atoms with Gasteiger partial charge in [-0.05, 0) is 37.1 Å². The average Bonchev–Trinajstić information content (AvgIpc) is 2.44. The van der Waals surface area contributed by atoms with Gasteiger partial charge in [0.25, 0.3) is 5.91 Å². The topological polar surface area (TPSA) is 66.4 Å². The summed E-state index contributed by atoms with van der Waals surface area (Å²) in [7, 11) is 0. The van der Waals surface area contributed by atoms with Crippen LogP contribution >= 0.6 is 11.8 Å². The molecular formula is C15H21NO3S. The Kier molecular flexibility index (Phi) is 7.15. The van der Waals surface area contributed by atoms with Gasteiger partial charge < -0.3 is 10.4 Å². The highest BCUT2D eigenvalue weighted by molar-refractivity contribution is 7.98. The molecule has 5 heteroatoms. The first-order chi connectivity index (χ1) is 9.54. The quantitative estimate of drug-likeness (QED) is 0.723. The second-order valence-corrected chi connectivity index (χ2v) is 5.63. The van der Waals surface area contributed by atoms with Crippen LogP contribution in [0.3, 0.4) is 0 Å². The Balaban J connectivity index is 2.38. The second-order valence-electron chi connectivity index (χ2n) is 4.78. The van der Waals surface area contributed by atoms with Crippen LogP contribution in [0.4, 0.5) is 0 Å². The summed E-state index contributed by atoms with van der Waals surface area (Å²) in [5.41, 5.74) is 0.693. The molecular weight excluding hydrogens is 274 g/mol. The zero-order valence-electron chi connectivity index (χ0n) is 11.9. The van der Waals surface area contributed by atoms with E-state index in [1.165, 1.54) is 0 Å². The predicted molar refractivity (Wildman–Crippen MR) is 81.2 cm³/mol. The minimum absolute atomic E-state index is 0.0691. The third-order valence-corrected chi connectivity index (χ3v) is 3.92. The number of hydrogen-bond donors (Lipinski definition) is 2. The molecule has 0 aromatic heterocycles. The van der Waals surface area contributed by atoms with Crippen LogP contribution < -0.4 is 5.32 Å². The number of benzene rings is 1. The Bertz CT molecular complexity index is 462. The van der Waals surface area contributed by atoms with Crippen molar-refractivity contribution in [2.75, 3.05) is 12.8 Å². The molecule has 0 aliphatic carbocycles. The van der Waals surface area contributed by atoms with Crippen LogP contribution in [0, 0.1) is 5.92 Å². The predicted octanol–water partition coefficient (Wildman–Crippen LogP) is 3.03. The number of hydrogen-bond acceptors (Lipinski definition) is 3. The molecule has 0 aliphatic rings. The third-order valence-electron chi connectivity index (χ3n) is 3.13. The maximum absolute atomic E-state index is 12.1. The highest BCUT2D eigenvalue weighted by atomic mass is 32.2. The van der Waals surface area contributed by atoms with Crippen molar-refractivity contribution in [3.63, 3.8) is 0 Å². The highest BCUT2D eigenvalue weighted by Crippen LogP contribution is 2.19. The van der Waals surface area contributed by atoms with Gasteiger partial charge in [-0.3, -0.25) is 9.59 Å². The standard InChI is InChI=1S/C15H21NO3S/c1-11(7-8-14(17)18)9-10-16-15(19)12-5-3-4-6-13(12)20-2/h3-6,11H,7-10H2,1-2H3,(H,16,19)(H,17,18). The van der Waals surface area contributed by atoms with Crippen molar-refractivity contribution in [1.82, 2.24) is 5.32 Å². The number of amides is 1. The van der Waals surface area contributed by atoms with E-state index in [0.717, 1.165) is 11.3 Å². The van der Waals surface area contributed by atoms with Crippen molar-refractivity contribution in [1.29, 1.82) is 0 Å². The van der Waals surface area contributed by atoms with Crippen LogP contribution in [0.5, 0.6) is 0 Å². The maximum atomic E-state index is 12.1. The molecule has 4 nitrogen and oxygen atoms in total. The van der Waals surface area contributed by atoms with Gasteiger partial charge in [-0.15, -0.1) is 11.8 Å². The number of aliphatic carboxylic acids is 1. The van der Waals surface area contributed by atoms with Gasteiger partial charge in [0, 0.05) is 17.9 Å². The number of nitrogens with one attached hydrogen (secondary N) is 1. The fourth-order valence-electron chi connectivity index (χ4n) is 1.87. The van der Waals surface area contributed by atoms with Crippen molar-refractivity contribution in [2.45, 2.75) is 31.1 Å². The van der Waals surface area contributed by atoms with Crippen molar-refractivity contribution >= 4 is 23.6 Å². The van der Waals surface area contributed by atoms with E-state index < -0.39 is 5.97 Å². The Morgan fingerprint density at radius 3 is 2.65 bits per heavy atom. The SMILES string of the molecule is CSc1ccccc1C(=O)NCCC(C)CCC(=O)O. The van der Waals surface area contributed by atoms with Gasteiger partial charge in [0.15, 0.2) is 0 Å². The van der Waals surface area contributed by atoms with Gasteiger partial charge >= 0.3 is 5.97 Å². The zero-order chi connectivity index (χ0) is 15.0. The van der Waals surface area contributed by atoms with Crippen molar-refractivity contribution in [3.05, 3.63) is 29.8 Å². The number of thioether (sulfide) groups is 1. The van der Waals surface area contributed by atoms with E-state index in [9.17, 15) is 9.59 Å². The molecule has 110 valence electrons. The van der Waals surface area contributed by atoms with Crippen LogP contribution in [0.2, 0.25) is 0 Å². The number of rotatable bonds is 8. The number of carboxylic acid groups (broad SMARTS) is 1. The van der Waals surface area contributed by atoms with E-state index in [2.05, 4.69) is 5.32 Å². The van der Waals surface area contributed by atoms with Gasteiger partial charge in [-0.1, -0.05) is 19.1 Å². The lowest BCUT2D eigenvalue weighted by atomic mass is 10.0. The molecule has 0 radical (unpaired) electrons. The summed E-state index contributed by atoms with van der Waals surface area (Å²) in [6.07, 6.45) is 3.57. The van der Waals surface area contributed by atoms with Gasteiger partial charge in [0.1, 0.15) is 0 Å². The van der Waals surface area contributed by atoms with Gasteiger partial charge in [-0.25, -0.2) is 0 Å². The summed E-state index contributed by atoms with van der Waals surface area (Å²) in [6.45, 7) is 2.58. The summed E-state index contributed by atoms with van der Waals surface area (Å²) < 4.78 is 0. The van der Waals surface area contributed by atoms with Crippen LogP contribution in [-0.2, 0) is 4.79 Å². The monoisotopic (exact) mass is 295 g/mol. The molecule has 1 amide bonds. The minimum atomic E-state index is -0.769. The Morgan fingerprint density at radius 2 is 2.00 bits per heavy atom. The molecule has 1 unspecified atom stereocenters. The van der Waals surface area contributed by atoms with E-state index >= 15 is 0 Å². The van der Waals surface area contributed by atoms with Crippen LogP contribution in [0.1, 0.15) is 36.5 Å². The lowest BCUT2D eigenvalue weighted by molar-refractivity contribution is -0.137. The third kappa shape index (κ3) is 5.65. The Labute approximate surface area is 124 Å². The fourth-order valence-corrected chi connectivity index (χ4v) is 2.47. The van der Waals surface area contributed by atoms with E-state index in [1.54, 1.807) is 11.8 Å². The molecule has 20 heavy (non-hydrogen) atoms. The fraction of sp³-hybridized carbons (Fsp3) is 0.467. The first-order valence-corrected chi connectivity index (χ1v) is 7.90. The van der Waals surface area contributed by atoms with Gasteiger partial charge in [0.05, 0.1) is 5.56 Å². The molecule has 1 aromatic carbocycles. The summed E-state index contributed by atoms with van der Waals surface area (Å²) in [5.74, 6) is -0.544. The Morgan fingerprint density at radius 1 is 1.30 bits per heavy atom. The Hall–Kier alpha value is -1.49. The summed E-state index contributed by atoms with van der Waals surface area (Å²) in [6, 6.07) is 7.50. The molecule has 1 aromatic rings. The summed E-state index contributed by atoms with van der Waals surface area (Å²) in [4.78, 5) is 23.5. The number of carboxylic acids is 1. The molecule has 2 N–H and O–H groups in total. The average molecular weight is 295 g/mol. The first-order valence-electron chi connectivity index (χ1n) is 6.67. The van der Waals surface area contributed by atoms with Crippen LogP contribution in [0.25, 0.3) is 0 Å².